The zero-order valence-corrected chi connectivity index (χ0v) is 46.8. The molecule has 2 aliphatic rings. The fraction of sp³-hybridized carbons (Fsp3) is 0.417. The van der Waals surface area contributed by atoms with E-state index in [9.17, 15) is 38.4 Å². The number of halogens is 4. The lowest BCUT2D eigenvalue weighted by molar-refractivity contribution is -0.141. The van der Waals surface area contributed by atoms with E-state index < -0.39 is 47.8 Å². The van der Waals surface area contributed by atoms with Gasteiger partial charge in [0.05, 0.1) is 145 Å². The maximum atomic E-state index is 13.4. The van der Waals surface area contributed by atoms with Gasteiger partial charge in [-0.3, -0.25) is 38.4 Å². The first kappa shape index (κ1) is 57.2. The first-order chi connectivity index (χ1) is 34.3. The van der Waals surface area contributed by atoms with E-state index >= 15 is 0 Å². The molecule has 386 valence electrons. The number of aryl methyl sites for hydroxylation is 1. The standard InChI is InChI=1S/C48H50Br4N4O16/c1-21(57)72-16-15-25-29(20-36(64)71-8)48-40(52)47-28(19-35(63)70-7)24(11-14-32(60)67-4)43(55-47)39(51)46-27(18-34(62)69-6)23(10-13-31(59)66-3)42(54-46)38(50)45-26(17-33(61)68-5)22(9-12-30(58)65-2)41(53-45)37(49)44(25)56-48/h54,56H,9-20H2,1-8H3. The predicted molar refractivity (Wildman–Crippen MR) is 273 cm³/mol. The molecule has 2 N–H and O–H groups in total. The minimum absolute atomic E-state index is 0.0128. The first-order valence-corrected chi connectivity index (χ1v) is 25.0. The van der Waals surface area contributed by atoms with Crippen LogP contribution in [0.2, 0.25) is 0 Å². The lowest BCUT2D eigenvalue weighted by atomic mass is 9.96. The Morgan fingerprint density at radius 1 is 0.389 bits per heavy atom. The molecular formula is C48H50Br4N4O16. The normalized spacial score (nSPS) is 12.1. The highest BCUT2D eigenvalue weighted by Crippen LogP contribution is 2.48. The van der Waals surface area contributed by atoms with E-state index in [0.29, 0.717) is 50.1 Å². The fourth-order valence-corrected chi connectivity index (χ4v) is 10.8. The number of hydrogen-bond acceptors (Lipinski definition) is 18. The number of methoxy groups -OCH3 is 7. The van der Waals surface area contributed by atoms with Gasteiger partial charge in [-0.2, -0.15) is 0 Å². The van der Waals surface area contributed by atoms with Crippen LogP contribution in [-0.4, -0.2) is 124 Å². The molecule has 2 aliphatic heterocycles. The fourth-order valence-electron chi connectivity index (χ4n) is 8.18. The van der Waals surface area contributed by atoms with Crippen LogP contribution in [0.15, 0.2) is 17.9 Å². The minimum atomic E-state index is -0.672. The highest BCUT2D eigenvalue weighted by molar-refractivity contribution is 9.11. The molecule has 3 aromatic heterocycles. The third kappa shape index (κ3) is 12.9. The lowest BCUT2D eigenvalue weighted by Gasteiger charge is -2.10. The molecule has 0 fully saturated rings. The summed E-state index contributed by atoms with van der Waals surface area (Å²) in [6.07, 6.45) is -2.04. The van der Waals surface area contributed by atoms with Gasteiger partial charge in [-0.1, -0.05) is 0 Å². The molecule has 0 spiro atoms. The van der Waals surface area contributed by atoms with Crippen LogP contribution in [0.1, 0.15) is 96.9 Å². The number of esters is 8. The average Bonchev–Trinajstić information content (AvgIpc) is 4.13. The van der Waals surface area contributed by atoms with Gasteiger partial charge in [0.15, 0.2) is 0 Å². The average molecular weight is 1260 g/mol. The summed E-state index contributed by atoms with van der Waals surface area (Å²) in [6.45, 7) is 1.09. The van der Waals surface area contributed by atoms with Crippen LogP contribution in [0.5, 0.6) is 0 Å². The van der Waals surface area contributed by atoms with Crippen LogP contribution in [0.3, 0.4) is 0 Å². The Kier molecular flexibility index (Phi) is 20.5. The summed E-state index contributed by atoms with van der Waals surface area (Å²) in [5.41, 5.74) is 4.81. The number of aromatic nitrogens is 4. The number of rotatable bonds is 20. The van der Waals surface area contributed by atoms with Gasteiger partial charge in [-0.15, -0.1) is 0 Å². The predicted octanol–water partition coefficient (Wildman–Crippen LogP) is 7.86. The van der Waals surface area contributed by atoms with Gasteiger partial charge in [0, 0.05) is 32.6 Å². The second-order valence-electron chi connectivity index (χ2n) is 15.8. The molecule has 0 atom stereocenters. The molecule has 0 amide bonds. The molecule has 0 unspecified atom stereocenters. The third-order valence-corrected chi connectivity index (χ3v) is 14.8. The number of H-pyrrole nitrogens is 2. The molecule has 0 saturated heterocycles. The Labute approximate surface area is 446 Å². The van der Waals surface area contributed by atoms with Crippen molar-refractivity contribution in [3.63, 3.8) is 0 Å². The van der Waals surface area contributed by atoms with Crippen LogP contribution < -0.4 is 0 Å². The van der Waals surface area contributed by atoms with E-state index in [2.05, 4.69) is 73.7 Å². The molecule has 0 aliphatic carbocycles. The molecule has 5 heterocycles. The van der Waals surface area contributed by atoms with Crippen molar-refractivity contribution in [3.05, 3.63) is 62.9 Å². The Hall–Kier alpha value is -5.72. The summed E-state index contributed by atoms with van der Waals surface area (Å²) in [6, 6.07) is 0. The van der Waals surface area contributed by atoms with Crippen LogP contribution in [0, 0.1) is 0 Å². The number of ether oxygens (including phenoxy) is 8. The van der Waals surface area contributed by atoms with E-state index in [0.717, 1.165) is 0 Å². The van der Waals surface area contributed by atoms with E-state index in [1.165, 1.54) is 56.7 Å². The number of nitrogens with one attached hydrogen (secondary N) is 2. The topological polar surface area (TPSA) is 268 Å². The van der Waals surface area contributed by atoms with E-state index in [4.69, 9.17) is 47.9 Å². The van der Waals surface area contributed by atoms with Crippen LogP contribution in [0.4, 0.5) is 0 Å². The summed E-state index contributed by atoms with van der Waals surface area (Å²) in [5.74, 6) is -4.96. The summed E-state index contributed by atoms with van der Waals surface area (Å²) in [7, 11) is 8.58. The van der Waals surface area contributed by atoms with E-state index in [1.54, 1.807) is 0 Å². The van der Waals surface area contributed by atoms with Crippen LogP contribution in [0.25, 0.3) is 44.4 Å². The molecule has 0 aromatic carbocycles. The quantitative estimate of drug-likeness (QED) is 0.0805. The number of fused-ring (bicyclic) bond motifs is 8. The van der Waals surface area contributed by atoms with Gasteiger partial charge >= 0.3 is 47.8 Å². The SMILES string of the molecule is COC(=O)CCC1=C(CC(=O)OC)c2nc1c(Br)c1[nH]c(c(Br)c3nc(c(Br)c4[nH]c(c2Br)c(CCC(=O)OC)c4CC(=O)OC)C(CCC(=O)OC)=C3CC(=O)OC)c(CC(=O)OC)c1CCOC(C)=O. The molecular weight excluding hydrogens is 1210 g/mol. The lowest BCUT2D eigenvalue weighted by Crippen LogP contribution is -2.09. The largest absolute Gasteiger partial charge is 0.469 e. The van der Waals surface area contributed by atoms with Crippen LogP contribution in [-0.2, 0) is 102 Å². The minimum Gasteiger partial charge on any atom is -0.469 e. The summed E-state index contributed by atoms with van der Waals surface area (Å²) in [4.78, 5) is 122. The van der Waals surface area contributed by atoms with Crippen molar-refractivity contribution >= 4 is 156 Å². The summed E-state index contributed by atoms with van der Waals surface area (Å²) >= 11 is 15.2. The molecule has 72 heavy (non-hydrogen) atoms. The highest BCUT2D eigenvalue weighted by atomic mass is 79.9. The third-order valence-electron chi connectivity index (χ3n) is 11.7. The summed E-state index contributed by atoms with van der Waals surface area (Å²) < 4.78 is 42.2. The van der Waals surface area contributed by atoms with Crippen LogP contribution >= 0.6 is 63.7 Å². The van der Waals surface area contributed by atoms with E-state index in [-0.39, 0.29) is 134 Å². The van der Waals surface area contributed by atoms with Crippen molar-refractivity contribution in [2.24, 2.45) is 0 Å². The monoisotopic (exact) mass is 1250 g/mol. The number of carbonyl (C=O) groups excluding carboxylic acids is 8. The van der Waals surface area contributed by atoms with Crippen molar-refractivity contribution in [1.82, 2.24) is 19.9 Å². The zero-order chi connectivity index (χ0) is 53.1. The number of nitrogens with zero attached hydrogens (tertiary/aromatic N) is 2. The Morgan fingerprint density at radius 2 is 0.681 bits per heavy atom. The zero-order valence-electron chi connectivity index (χ0n) is 40.4. The van der Waals surface area contributed by atoms with Crippen molar-refractivity contribution < 1.29 is 76.3 Å². The van der Waals surface area contributed by atoms with Gasteiger partial charge in [0.2, 0.25) is 0 Å². The smallest absolute Gasteiger partial charge is 0.310 e. The molecule has 8 bridgehead atoms. The number of allylic oxidation sites excluding steroid dienone is 2. The molecule has 20 nitrogen and oxygen atoms in total. The number of carbonyl (C=O) groups is 8. The number of aromatic amines is 2. The maximum absolute atomic E-state index is 13.4. The highest BCUT2D eigenvalue weighted by Gasteiger charge is 2.33. The van der Waals surface area contributed by atoms with E-state index in [1.807, 2.05) is 0 Å². The van der Waals surface area contributed by atoms with Crippen molar-refractivity contribution in [1.29, 1.82) is 0 Å². The molecule has 24 heteroatoms. The summed E-state index contributed by atoms with van der Waals surface area (Å²) in [5, 5.41) is 0. The molecule has 5 rings (SSSR count). The van der Waals surface area contributed by atoms with Gasteiger partial charge in [0.25, 0.3) is 0 Å². The molecule has 3 aromatic rings. The van der Waals surface area contributed by atoms with Gasteiger partial charge in [-0.25, -0.2) is 9.97 Å². The van der Waals surface area contributed by atoms with Gasteiger partial charge < -0.3 is 47.9 Å². The Balaban J connectivity index is 2.25. The van der Waals surface area contributed by atoms with Crippen molar-refractivity contribution in [2.75, 3.05) is 56.4 Å². The van der Waals surface area contributed by atoms with Gasteiger partial charge in [0.1, 0.15) is 0 Å². The Bertz CT molecular complexity index is 2970. The molecule has 0 saturated carbocycles. The Morgan fingerprint density at radius 3 is 1.01 bits per heavy atom. The molecule has 0 radical (unpaired) electrons. The van der Waals surface area contributed by atoms with Crippen molar-refractivity contribution in [3.8, 4) is 0 Å². The maximum Gasteiger partial charge on any atom is 0.310 e. The second-order valence-corrected chi connectivity index (χ2v) is 19.0. The van der Waals surface area contributed by atoms with Crippen molar-refractivity contribution in [2.45, 2.75) is 77.6 Å². The second kappa shape index (κ2) is 25.8. The number of hydrogen-bond donors (Lipinski definition) is 2. The first-order valence-electron chi connectivity index (χ1n) is 21.9. The van der Waals surface area contributed by atoms with Gasteiger partial charge in [-0.05, 0) is 128 Å².